The van der Waals surface area contributed by atoms with Gasteiger partial charge in [-0.2, -0.15) is 13.2 Å². The minimum absolute atomic E-state index is 0.237. The van der Waals surface area contributed by atoms with Crippen LogP contribution in [0.3, 0.4) is 0 Å². The topological polar surface area (TPSA) is 61.6 Å². The van der Waals surface area contributed by atoms with Gasteiger partial charge in [-0.25, -0.2) is 9.37 Å². The number of hydrogen-bond donors (Lipinski definition) is 1. The first kappa shape index (κ1) is 23.8. The number of nitrogens with zero attached hydrogens (tertiary/aromatic N) is 3. The molecule has 1 aliphatic rings. The van der Waals surface area contributed by atoms with Crippen molar-refractivity contribution in [1.29, 1.82) is 0 Å². The predicted molar refractivity (Wildman–Crippen MR) is 127 cm³/mol. The SMILES string of the molecule is O=C(Nc1ccc(F)cc1)C(c1cc2ccccc2o1)N1CCN(c2cccc(C(F)(F)F)n2)CC1. The van der Waals surface area contributed by atoms with Crippen molar-refractivity contribution in [2.24, 2.45) is 0 Å². The number of piperazine rings is 1. The van der Waals surface area contributed by atoms with Crippen LogP contribution in [0.2, 0.25) is 0 Å². The molecule has 186 valence electrons. The highest BCUT2D eigenvalue weighted by atomic mass is 19.4. The van der Waals surface area contributed by atoms with E-state index in [1.807, 2.05) is 35.2 Å². The van der Waals surface area contributed by atoms with E-state index in [2.05, 4.69) is 10.3 Å². The molecule has 1 N–H and O–H groups in total. The maximum Gasteiger partial charge on any atom is 0.433 e. The van der Waals surface area contributed by atoms with E-state index in [1.54, 1.807) is 11.0 Å². The van der Waals surface area contributed by atoms with E-state index in [-0.39, 0.29) is 11.7 Å². The molecule has 1 amide bonds. The summed E-state index contributed by atoms with van der Waals surface area (Å²) in [7, 11) is 0. The molecule has 0 bridgehead atoms. The summed E-state index contributed by atoms with van der Waals surface area (Å²) in [5, 5.41) is 3.66. The molecule has 2 aromatic carbocycles. The number of nitrogens with one attached hydrogen (secondary N) is 1. The minimum atomic E-state index is -4.53. The largest absolute Gasteiger partial charge is 0.459 e. The van der Waals surface area contributed by atoms with Crippen LogP contribution in [0.15, 0.2) is 77.2 Å². The van der Waals surface area contributed by atoms with E-state index in [4.69, 9.17) is 4.42 Å². The molecule has 3 heterocycles. The van der Waals surface area contributed by atoms with Crippen LogP contribution >= 0.6 is 0 Å². The number of carbonyl (C=O) groups excluding carboxylic acids is 1. The fraction of sp³-hybridized carbons (Fsp3) is 0.231. The van der Waals surface area contributed by atoms with E-state index < -0.39 is 23.7 Å². The van der Waals surface area contributed by atoms with E-state index in [0.717, 1.165) is 11.5 Å². The summed E-state index contributed by atoms with van der Waals surface area (Å²) < 4.78 is 58.6. The van der Waals surface area contributed by atoms with E-state index in [1.165, 1.54) is 30.3 Å². The Labute approximate surface area is 204 Å². The van der Waals surface area contributed by atoms with Crippen molar-refractivity contribution in [3.05, 3.63) is 90.1 Å². The van der Waals surface area contributed by atoms with Crippen molar-refractivity contribution < 1.29 is 26.8 Å². The number of furan rings is 1. The maximum atomic E-state index is 13.4. The molecule has 1 unspecified atom stereocenters. The highest BCUT2D eigenvalue weighted by Gasteiger charge is 2.35. The molecule has 0 spiro atoms. The lowest BCUT2D eigenvalue weighted by molar-refractivity contribution is -0.141. The fourth-order valence-corrected chi connectivity index (χ4v) is 4.32. The molecular weight excluding hydrogens is 476 g/mol. The first-order valence-corrected chi connectivity index (χ1v) is 11.4. The molecule has 2 aromatic heterocycles. The van der Waals surface area contributed by atoms with Gasteiger partial charge in [-0.1, -0.05) is 24.3 Å². The molecule has 0 saturated carbocycles. The van der Waals surface area contributed by atoms with Crippen LogP contribution in [-0.2, 0) is 11.0 Å². The monoisotopic (exact) mass is 498 g/mol. The first-order chi connectivity index (χ1) is 17.3. The second-order valence-corrected chi connectivity index (χ2v) is 8.49. The van der Waals surface area contributed by atoms with Gasteiger partial charge in [-0.3, -0.25) is 9.69 Å². The van der Waals surface area contributed by atoms with Crippen LogP contribution in [0, 0.1) is 5.82 Å². The van der Waals surface area contributed by atoms with Gasteiger partial charge in [-0.15, -0.1) is 0 Å². The van der Waals surface area contributed by atoms with Gasteiger partial charge < -0.3 is 14.6 Å². The van der Waals surface area contributed by atoms with Crippen LogP contribution in [0.5, 0.6) is 0 Å². The summed E-state index contributed by atoms with van der Waals surface area (Å²) in [5.74, 6) is -0.0885. The summed E-state index contributed by atoms with van der Waals surface area (Å²) in [6.45, 7) is 1.51. The van der Waals surface area contributed by atoms with Gasteiger partial charge in [0.25, 0.3) is 0 Å². The fourth-order valence-electron chi connectivity index (χ4n) is 4.32. The second kappa shape index (κ2) is 9.62. The molecule has 1 fully saturated rings. The van der Waals surface area contributed by atoms with Gasteiger partial charge in [-0.05, 0) is 48.5 Å². The first-order valence-electron chi connectivity index (χ1n) is 11.4. The molecular formula is C26H22F4N4O2. The second-order valence-electron chi connectivity index (χ2n) is 8.49. The minimum Gasteiger partial charge on any atom is -0.459 e. The van der Waals surface area contributed by atoms with Gasteiger partial charge in [0.15, 0.2) is 0 Å². The van der Waals surface area contributed by atoms with Gasteiger partial charge >= 0.3 is 6.18 Å². The van der Waals surface area contributed by atoms with Crippen LogP contribution in [0.4, 0.5) is 29.1 Å². The lowest BCUT2D eigenvalue weighted by atomic mass is 10.1. The smallest absolute Gasteiger partial charge is 0.433 e. The van der Waals surface area contributed by atoms with Crippen LogP contribution in [0.1, 0.15) is 17.5 Å². The Kier molecular flexibility index (Phi) is 6.36. The number of para-hydroxylation sites is 1. The number of hydrogen-bond acceptors (Lipinski definition) is 5. The number of pyridine rings is 1. The van der Waals surface area contributed by atoms with Crippen molar-refractivity contribution in [1.82, 2.24) is 9.88 Å². The number of benzene rings is 2. The summed E-state index contributed by atoms with van der Waals surface area (Å²) in [4.78, 5) is 20.9. The molecule has 0 radical (unpaired) electrons. The molecule has 1 atom stereocenters. The maximum absolute atomic E-state index is 13.4. The Balaban J connectivity index is 1.38. The molecule has 4 aromatic rings. The quantitative estimate of drug-likeness (QED) is 0.369. The molecule has 0 aliphatic carbocycles. The van der Waals surface area contributed by atoms with Crippen LogP contribution < -0.4 is 10.2 Å². The van der Waals surface area contributed by atoms with Crippen molar-refractivity contribution in [3.8, 4) is 0 Å². The zero-order chi connectivity index (χ0) is 25.3. The summed E-state index contributed by atoms with van der Waals surface area (Å²) >= 11 is 0. The zero-order valence-electron chi connectivity index (χ0n) is 19.0. The Hall–Kier alpha value is -3.92. The highest BCUT2D eigenvalue weighted by Crippen LogP contribution is 2.32. The number of carbonyl (C=O) groups is 1. The number of aromatic nitrogens is 1. The normalized spacial score (nSPS) is 15.7. The van der Waals surface area contributed by atoms with Crippen LogP contribution in [0.25, 0.3) is 11.0 Å². The van der Waals surface area contributed by atoms with Crippen LogP contribution in [-0.4, -0.2) is 42.0 Å². The van der Waals surface area contributed by atoms with Gasteiger partial charge in [0.1, 0.15) is 34.7 Å². The van der Waals surface area contributed by atoms with Crippen molar-refractivity contribution in [2.75, 3.05) is 36.4 Å². The average Bonchev–Trinajstić information content (AvgIpc) is 3.29. The van der Waals surface area contributed by atoms with E-state index in [9.17, 15) is 22.4 Å². The number of halogens is 4. The van der Waals surface area contributed by atoms with E-state index in [0.29, 0.717) is 43.2 Å². The lowest BCUT2D eigenvalue weighted by Crippen LogP contribution is -2.50. The Morgan fingerprint density at radius 1 is 0.944 bits per heavy atom. The third kappa shape index (κ3) is 5.03. The molecule has 36 heavy (non-hydrogen) atoms. The Bertz CT molecular complexity index is 1330. The molecule has 6 nitrogen and oxygen atoms in total. The number of anilines is 2. The van der Waals surface area contributed by atoms with Crippen molar-refractivity contribution in [3.63, 3.8) is 0 Å². The standard InChI is InChI=1S/C26H22F4N4O2/c27-18-8-10-19(11-9-18)31-25(35)24(21-16-17-4-1-2-5-20(17)36-21)34-14-12-33(13-15-34)23-7-3-6-22(32-23)26(28,29)30/h1-11,16,24H,12-15H2,(H,31,35). The van der Waals surface area contributed by atoms with Crippen molar-refractivity contribution in [2.45, 2.75) is 12.2 Å². The number of rotatable bonds is 5. The van der Waals surface area contributed by atoms with Crippen molar-refractivity contribution >= 4 is 28.4 Å². The summed E-state index contributed by atoms with van der Waals surface area (Å²) in [6, 6.07) is 17.7. The highest BCUT2D eigenvalue weighted by molar-refractivity contribution is 5.96. The summed E-state index contributed by atoms with van der Waals surface area (Å²) in [5.41, 5.74) is 0.134. The van der Waals surface area contributed by atoms with Gasteiger partial charge in [0.2, 0.25) is 5.91 Å². The molecule has 10 heteroatoms. The predicted octanol–water partition coefficient (Wildman–Crippen LogP) is 5.49. The third-order valence-electron chi connectivity index (χ3n) is 6.10. The molecule has 1 saturated heterocycles. The van der Waals surface area contributed by atoms with E-state index >= 15 is 0 Å². The molecule has 1 aliphatic heterocycles. The number of alkyl halides is 3. The third-order valence-corrected chi connectivity index (χ3v) is 6.10. The number of fused-ring (bicyclic) bond motifs is 1. The molecule has 5 rings (SSSR count). The van der Waals surface area contributed by atoms with Gasteiger partial charge in [0.05, 0.1) is 0 Å². The Morgan fingerprint density at radius 2 is 1.67 bits per heavy atom. The van der Waals surface area contributed by atoms with Gasteiger partial charge in [0, 0.05) is 37.3 Å². The Morgan fingerprint density at radius 3 is 2.36 bits per heavy atom. The summed E-state index contributed by atoms with van der Waals surface area (Å²) in [6.07, 6.45) is -4.53. The average molecular weight is 498 g/mol. The lowest BCUT2D eigenvalue weighted by Gasteiger charge is -2.38. The number of amides is 1. The zero-order valence-corrected chi connectivity index (χ0v) is 19.0.